The Morgan fingerprint density at radius 2 is 1.81 bits per heavy atom. The fourth-order valence-corrected chi connectivity index (χ4v) is 2.91. The first-order chi connectivity index (χ1) is 14.8. The summed E-state index contributed by atoms with van der Waals surface area (Å²) in [4.78, 5) is 21.0. The van der Waals surface area contributed by atoms with Crippen molar-refractivity contribution < 1.29 is 9.18 Å². The zero-order valence-electron chi connectivity index (χ0n) is 19.1. The second-order valence-corrected chi connectivity index (χ2v) is 7.38. The van der Waals surface area contributed by atoms with Crippen LogP contribution in [0.25, 0.3) is 5.57 Å². The largest absolute Gasteiger partial charge is 0.339 e. The van der Waals surface area contributed by atoms with E-state index in [0.29, 0.717) is 23.5 Å². The third-order valence-corrected chi connectivity index (χ3v) is 4.89. The molecule has 2 aromatic rings. The summed E-state index contributed by atoms with van der Waals surface area (Å²) in [5.74, 6) is 0.479. The Morgan fingerprint density at radius 3 is 2.42 bits per heavy atom. The van der Waals surface area contributed by atoms with Crippen molar-refractivity contribution in [2.45, 2.75) is 48.0 Å². The molecular formula is C26H30FN3O. The zero-order valence-corrected chi connectivity index (χ0v) is 19.1. The molecule has 0 aliphatic rings. The molecule has 162 valence electrons. The number of aryl methyl sites for hydroxylation is 2. The molecule has 31 heavy (non-hydrogen) atoms. The highest BCUT2D eigenvalue weighted by Crippen LogP contribution is 2.19. The molecule has 0 unspecified atom stereocenters. The molecule has 0 radical (unpaired) electrons. The summed E-state index contributed by atoms with van der Waals surface area (Å²) in [6, 6.07) is 10.8. The number of hydrogen-bond donors (Lipinski definition) is 1. The first kappa shape index (κ1) is 23.9. The Hall–Kier alpha value is -3.34. The van der Waals surface area contributed by atoms with E-state index in [-0.39, 0.29) is 11.6 Å². The van der Waals surface area contributed by atoms with Crippen molar-refractivity contribution in [2.75, 3.05) is 5.32 Å². The predicted octanol–water partition coefficient (Wildman–Crippen LogP) is 6.90. The fraction of sp³-hybridized carbons (Fsp3) is 0.269. The maximum Gasteiger partial charge on any atom is 0.162 e. The Kier molecular flexibility index (Phi) is 8.62. The average molecular weight is 420 g/mol. The number of anilines is 1. The number of allylic oxidation sites excluding steroid dienone is 2. The van der Waals surface area contributed by atoms with E-state index in [1.807, 2.05) is 65.0 Å². The number of benzene rings is 2. The topological polar surface area (TPSA) is 53.8 Å². The van der Waals surface area contributed by atoms with E-state index in [0.717, 1.165) is 28.0 Å². The molecule has 0 amide bonds. The maximum atomic E-state index is 13.9. The minimum atomic E-state index is -0.233. The minimum absolute atomic E-state index is 0.123. The lowest BCUT2D eigenvalue weighted by Crippen LogP contribution is -2.20. The molecule has 0 fully saturated rings. The van der Waals surface area contributed by atoms with Crippen molar-refractivity contribution in [1.29, 1.82) is 0 Å². The van der Waals surface area contributed by atoms with Gasteiger partial charge in [0.2, 0.25) is 0 Å². The van der Waals surface area contributed by atoms with Gasteiger partial charge < -0.3 is 5.32 Å². The fourth-order valence-electron chi connectivity index (χ4n) is 2.91. The second-order valence-electron chi connectivity index (χ2n) is 7.38. The number of halogens is 1. The van der Waals surface area contributed by atoms with E-state index in [2.05, 4.69) is 15.3 Å². The summed E-state index contributed by atoms with van der Waals surface area (Å²) < 4.78 is 13.9. The van der Waals surface area contributed by atoms with Gasteiger partial charge in [0, 0.05) is 30.1 Å². The van der Waals surface area contributed by atoms with Crippen LogP contribution in [-0.4, -0.2) is 17.3 Å². The molecule has 5 heteroatoms. The smallest absolute Gasteiger partial charge is 0.162 e. The minimum Gasteiger partial charge on any atom is -0.339 e. The summed E-state index contributed by atoms with van der Waals surface area (Å²) in [7, 11) is 0. The maximum absolute atomic E-state index is 13.9. The van der Waals surface area contributed by atoms with E-state index in [9.17, 15) is 9.18 Å². The van der Waals surface area contributed by atoms with Gasteiger partial charge in [-0.05, 0) is 81.1 Å². The van der Waals surface area contributed by atoms with Crippen LogP contribution < -0.4 is 5.32 Å². The van der Waals surface area contributed by atoms with Crippen LogP contribution in [0.15, 0.2) is 64.9 Å². The number of amidine groups is 1. The van der Waals surface area contributed by atoms with Crippen molar-refractivity contribution >= 4 is 28.6 Å². The Labute approximate surface area is 184 Å². The number of nitrogens with zero attached hydrogens (tertiary/aromatic N) is 2. The number of carbonyl (C=O) groups excluding carboxylic acids is 1. The van der Waals surface area contributed by atoms with Gasteiger partial charge in [-0.25, -0.2) is 9.38 Å². The van der Waals surface area contributed by atoms with E-state index in [1.54, 1.807) is 25.4 Å². The monoisotopic (exact) mass is 419 g/mol. The Morgan fingerprint density at radius 1 is 1.06 bits per heavy atom. The zero-order chi connectivity index (χ0) is 23.0. The molecule has 0 aliphatic carbocycles. The van der Waals surface area contributed by atoms with Gasteiger partial charge in [-0.3, -0.25) is 9.79 Å². The normalized spacial score (nSPS) is 13.1. The first-order valence-electron chi connectivity index (χ1n) is 10.3. The molecule has 2 rings (SSSR count). The van der Waals surface area contributed by atoms with Crippen LogP contribution >= 0.6 is 0 Å². The molecule has 0 heterocycles. The summed E-state index contributed by atoms with van der Waals surface area (Å²) in [5.41, 5.74) is 5.39. The Balaban J connectivity index is 2.30. The third-order valence-electron chi connectivity index (χ3n) is 4.89. The van der Waals surface area contributed by atoms with Gasteiger partial charge in [0.1, 0.15) is 5.82 Å². The van der Waals surface area contributed by atoms with E-state index in [4.69, 9.17) is 0 Å². The second kappa shape index (κ2) is 11.2. The number of nitrogens with one attached hydrogen (secondary N) is 1. The summed E-state index contributed by atoms with van der Waals surface area (Å²) in [6.45, 7) is 11.2. The molecule has 0 spiro atoms. The van der Waals surface area contributed by atoms with Crippen LogP contribution in [0.5, 0.6) is 0 Å². The molecule has 2 aromatic carbocycles. The van der Waals surface area contributed by atoms with Gasteiger partial charge >= 0.3 is 0 Å². The SMILES string of the molecule is C\C=C/N=C(Nc1ccc(C(=O)CC)c(C)c1)\C(C)=N\C=C(/C)c1ccc(C)c(F)c1. The molecule has 0 aliphatic heterocycles. The van der Waals surface area contributed by atoms with Crippen LogP contribution in [0, 0.1) is 19.7 Å². The number of ketones is 1. The first-order valence-corrected chi connectivity index (χ1v) is 10.3. The Bertz CT molecular complexity index is 1080. The van der Waals surface area contributed by atoms with E-state index < -0.39 is 0 Å². The quantitative estimate of drug-likeness (QED) is 0.301. The van der Waals surface area contributed by atoms with Crippen LogP contribution in [0.1, 0.15) is 61.2 Å². The van der Waals surface area contributed by atoms with Gasteiger partial charge in [0.05, 0.1) is 5.71 Å². The van der Waals surface area contributed by atoms with E-state index in [1.165, 1.54) is 6.07 Å². The van der Waals surface area contributed by atoms with Crippen LogP contribution in [-0.2, 0) is 0 Å². The van der Waals surface area contributed by atoms with Crippen molar-refractivity contribution in [3.05, 3.63) is 82.9 Å². The number of hydrogen-bond acceptors (Lipinski definition) is 3. The van der Waals surface area contributed by atoms with Crippen molar-refractivity contribution in [2.24, 2.45) is 9.98 Å². The van der Waals surface area contributed by atoms with Crippen molar-refractivity contribution in [1.82, 2.24) is 0 Å². The van der Waals surface area contributed by atoms with Crippen molar-refractivity contribution in [3.63, 3.8) is 0 Å². The molecule has 4 nitrogen and oxygen atoms in total. The molecule has 0 saturated carbocycles. The lowest BCUT2D eigenvalue weighted by Gasteiger charge is -2.11. The molecule has 0 aromatic heterocycles. The number of Topliss-reactive ketones (excluding diaryl/α,β-unsaturated/α-hetero) is 1. The number of rotatable bonds is 7. The molecular weight excluding hydrogens is 389 g/mol. The summed E-state index contributed by atoms with van der Waals surface area (Å²) in [5, 5.41) is 3.29. The molecule has 0 bridgehead atoms. The van der Waals surface area contributed by atoms with Gasteiger partial charge in [-0.2, -0.15) is 0 Å². The van der Waals surface area contributed by atoms with Gasteiger partial charge in [0.25, 0.3) is 0 Å². The lowest BCUT2D eigenvalue weighted by atomic mass is 10.0. The third kappa shape index (κ3) is 6.57. The van der Waals surface area contributed by atoms with Crippen LogP contribution in [0.3, 0.4) is 0 Å². The predicted molar refractivity (Wildman–Crippen MR) is 130 cm³/mol. The highest BCUT2D eigenvalue weighted by Gasteiger charge is 2.09. The van der Waals surface area contributed by atoms with Gasteiger partial charge in [0.15, 0.2) is 11.6 Å². The highest BCUT2D eigenvalue weighted by atomic mass is 19.1. The molecule has 0 atom stereocenters. The highest BCUT2D eigenvalue weighted by molar-refractivity contribution is 6.45. The van der Waals surface area contributed by atoms with Gasteiger partial charge in [-0.1, -0.05) is 25.1 Å². The summed E-state index contributed by atoms with van der Waals surface area (Å²) >= 11 is 0. The van der Waals surface area contributed by atoms with Gasteiger partial charge in [-0.15, -0.1) is 0 Å². The standard InChI is InChI=1S/C26H30FN3O/c1-7-13-28-26(30-22-11-12-23(18(4)14-22)25(31)8-2)20(6)29-16-19(5)21-10-9-17(3)24(27)15-21/h7,9-16H,8H2,1-6H3,(H,28,30)/b13-7-,19-16+,29-20+. The van der Waals surface area contributed by atoms with Crippen LogP contribution in [0.2, 0.25) is 0 Å². The van der Waals surface area contributed by atoms with Crippen LogP contribution in [0.4, 0.5) is 10.1 Å². The molecule has 0 saturated heterocycles. The number of aliphatic imine (C=N–C) groups is 2. The summed E-state index contributed by atoms with van der Waals surface area (Å²) in [6.07, 6.45) is 5.71. The van der Waals surface area contributed by atoms with E-state index >= 15 is 0 Å². The average Bonchev–Trinajstić information content (AvgIpc) is 2.76. The lowest BCUT2D eigenvalue weighted by molar-refractivity contribution is 0.0987. The molecule has 1 N–H and O–H groups in total. The number of carbonyl (C=O) groups is 1. The van der Waals surface area contributed by atoms with Crippen molar-refractivity contribution in [3.8, 4) is 0 Å².